The van der Waals surface area contributed by atoms with Crippen molar-refractivity contribution in [1.82, 2.24) is 0 Å². The minimum atomic E-state index is -0.882. The number of rotatable bonds is 2. The molecule has 2 rings (SSSR count). The first-order chi connectivity index (χ1) is 7.00. The van der Waals surface area contributed by atoms with Gasteiger partial charge in [-0.2, -0.15) is 0 Å². The number of carboxylic acids is 1. The van der Waals surface area contributed by atoms with E-state index in [2.05, 4.69) is 0 Å². The van der Waals surface area contributed by atoms with Crippen molar-refractivity contribution in [3.63, 3.8) is 0 Å². The van der Waals surface area contributed by atoms with Gasteiger partial charge < -0.3 is 20.4 Å². The molecule has 0 aromatic heterocycles. The first-order valence-corrected chi connectivity index (χ1v) is 4.48. The van der Waals surface area contributed by atoms with E-state index in [9.17, 15) is 15.0 Å². The second kappa shape index (κ2) is 3.05. The number of carbonyl (C=O) groups is 1. The second-order valence-corrected chi connectivity index (χ2v) is 3.69. The molecule has 0 radical (unpaired) electrons. The van der Waals surface area contributed by atoms with Crippen LogP contribution in [0.2, 0.25) is 0 Å². The average Bonchev–Trinajstić information content (AvgIpc) is 2.92. The molecule has 0 amide bonds. The summed E-state index contributed by atoms with van der Waals surface area (Å²) in [4.78, 5) is 10.6. The first-order valence-electron chi connectivity index (χ1n) is 4.48. The third-order valence-electron chi connectivity index (χ3n) is 2.63. The second-order valence-electron chi connectivity index (χ2n) is 3.69. The molecule has 0 saturated heterocycles. The third-order valence-corrected chi connectivity index (χ3v) is 2.63. The number of phenolic OH excluding ortho intramolecular Hbond substituents is 3. The standard InChI is InChI=1S/C10H10O5/c11-7-1-4(2-8(12)9(7)13)5-3-6(5)10(14)15/h1-2,5-6,11-13H,3H2,(H,14,15). The Morgan fingerprint density at radius 3 is 2.13 bits per heavy atom. The molecule has 15 heavy (non-hydrogen) atoms. The van der Waals surface area contributed by atoms with Crippen LogP contribution >= 0.6 is 0 Å². The van der Waals surface area contributed by atoms with Gasteiger partial charge in [0.05, 0.1) is 5.92 Å². The Morgan fingerprint density at radius 1 is 1.20 bits per heavy atom. The van der Waals surface area contributed by atoms with Gasteiger partial charge in [-0.25, -0.2) is 0 Å². The molecular formula is C10H10O5. The minimum absolute atomic E-state index is 0.181. The summed E-state index contributed by atoms with van der Waals surface area (Å²) >= 11 is 0. The molecule has 1 saturated carbocycles. The van der Waals surface area contributed by atoms with Crippen LogP contribution in [-0.2, 0) is 4.79 Å². The lowest BCUT2D eigenvalue weighted by Crippen LogP contribution is -1.98. The Morgan fingerprint density at radius 2 is 1.73 bits per heavy atom. The fraction of sp³-hybridized carbons (Fsp3) is 0.300. The zero-order chi connectivity index (χ0) is 11.2. The van der Waals surface area contributed by atoms with E-state index in [4.69, 9.17) is 10.2 Å². The number of aromatic hydroxyl groups is 3. The van der Waals surface area contributed by atoms with Gasteiger partial charge in [0.2, 0.25) is 0 Å². The van der Waals surface area contributed by atoms with Crippen molar-refractivity contribution < 1.29 is 25.2 Å². The van der Waals surface area contributed by atoms with E-state index in [1.54, 1.807) is 0 Å². The molecule has 80 valence electrons. The molecular weight excluding hydrogens is 200 g/mol. The summed E-state index contributed by atoms with van der Waals surface area (Å²) in [6, 6.07) is 2.56. The van der Waals surface area contributed by atoms with Crippen molar-refractivity contribution in [2.24, 2.45) is 5.92 Å². The molecule has 1 aliphatic rings. The molecule has 1 aromatic carbocycles. The summed E-state index contributed by atoms with van der Waals surface area (Å²) in [5.74, 6) is -2.95. The van der Waals surface area contributed by atoms with Gasteiger partial charge >= 0.3 is 5.97 Å². The normalized spacial score (nSPS) is 23.7. The summed E-state index contributed by atoms with van der Waals surface area (Å²) < 4.78 is 0. The molecule has 0 bridgehead atoms. The van der Waals surface area contributed by atoms with E-state index >= 15 is 0 Å². The van der Waals surface area contributed by atoms with Crippen molar-refractivity contribution in [3.8, 4) is 17.2 Å². The number of phenols is 3. The molecule has 5 nitrogen and oxygen atoms in total. The molecule has 4 N–H and O–H groups in total. The van der Waals surface area contributed by atoms with Gasteiger partial charge in [0.1, 0.15) is 0 Å². The van der Waals surface area contributed by atoms with Gasteiger partial charge in [-0.3, -0.25) is 4.79 Å². The van der Waals surface area contributed by atoms with E-state index in [0.29, 0.717) is 12.0 Å². The Kier molecular flexibility index (Phi) is 1.96. The molecule has 0 spiro atoms. The van der Waals surface area contributed by atoms with Crippen LogP contribution in [0.3, 0.4) is 0 Å². The lowest BCUT2D eigenvalue weighted by Gasteiger charge is -2.04. The maximum atomic E-state index is 10.6. The Balaban J connectivity index is 2.28. The lowest BCUT2D eigenvalue weighted by atomic mass is 10.1. The van der Waals surface area contributed by atoms with Gasteiger partial charge in [0.15, 0.2) is 17.2 Å². The number of benzene rings is 1. The monoisotopic (exact) mass is 210 g/mol. The van der Waals surface area contributed by atoms with Crippen LogP contribution in [0.4, 0.5) is 0 Å². The Bertz CT molecular complexity index is 403. The average molecular weight is 210 g/mol. The molecule has 1 aromatic rings. The fourth-order valence-electron chi connectivity index (χ4n) is 1.68. The summed E-state index contributed by atoms with van der Waals surface area (Å²) in [7, 11) is 0. The molecule has 1 fully saturated rings. The Labute approximate surface area is 85.2 Å². The summed E-state index contributed by atoms with van der Waals surface area (Å²) in [5.41, 5.74) is 0.537. The molecule has 0 heterocycles. The van der Waals surface area contributed by atoms with Crippen LogP contribution in [-0.4, -0.2) is 26.4 Å². The van der Waals surface area contributed by atoms with Crippen molar-refractivity contribution in [2.45, 2.75) is 12.3 Å². The highest BCUT2D eigenvalue weighted by Crippen LogP contribution is 2.50. The van der Waals surface area contributed by atoms with Crippen LogP contribution in [0.1, 0.15) is 17.9 Å². The predicted octanol–water partition coefficient (Wildman–Crippen LogP) is 0.991. The van der Waals surface area contributed by atoms with E-state index in [1.165, 1.54) is 12.1 Å². The zero-order valence-corrected chi connectivity index (χ0v) is 7.71. The van der Waals surface area contributed by atoms with Crippen LogP contribution in [0.5, 0.6) is 17.2 Å². The summed E-state index contributed by atoms with van der Waals surface area (Å²) in [6.45, 7) is 0. The molecule has 1 aliphatic carbocycles. The number of carboxylic acid groups (broad SMARTS) is 1. The lowest BCUT2D eigenvalue weighted by molar-refractivity contribution is -0.138. The van der Waals surface area contributed by atoms with E-state index < -0.39 is 29.1 Å². The summed E-state index contributed by atoms with van der Waals surface area (Å²) in [5, 5.41) is 36.2. The zero-order valence-electron chi connectivity index (χ0n) is 7.71. The van der Waals surface area contributed by atoms with Crippen molar-refractivity contribution in [3.05, 3.63) is 17.7 Å². The maximum absolute atomic E-state index is 10.6. The van der Waals surface area contributed by atoms with Crippen LogP contribution in [0.15, 0.2) is 12.1 Å². The van der Waals surface area contributed by atoms with Crippen molar-refractivity contribution in [2.75, 3.05) is 0 Å². The Hall–Kier alpha value is -1.91. The topological polar surface area (TPSA) is 98.0 Å². The summed E-state index contributed by atoms with van der Waals surface area (Å²) in [6.07, 6.45) is 0.499. The molecule has 0 aliphatic heterocycles. The van der Waals surface area contributed by atoms with Crippen LogP contribution in [0.25, 0.3) is 0 Å². The van der Waals surface area contributed by atoms with Crippen LogP contribution < -0.4 is 0 Å². The number of hydrogen-bond acceptors (Lipinski definition) is 4. The minimum Gasteiger partial charge on any atom is -0.504 e. The van der Waals surface area contributed by atoms with E-state index in [-0.39, 0.29) is 5.92 Å². The largest absolute Gasteiger partial charge is 0.504 e. The maximum Gasteiger partial charge on any atom is 0.307 e. The van der Waals surface area contributed by atoms with Gasteiger partial charge in [-0.15, -0.1) is 0 Å². The van der Waals surface area contributed by atoms with E-state index in [0.717, 1.165) is 0 Å². The van der Waals surface area contributed by atoms with Crippen LogP contribution in [0, 0.1) is 5.92 Å². The number of aliphatic carboxylic acids is 1. The quantitative estimate of drug-likeness (QED) is 0.546. The fourth-order valence-corrected chi connectivity index (χ4v) is 1.68. The van der Waals surface area contributed by atoms with Crippen molar-refractivity contribution in [1.29, 1.82) is 0 Å². The van der Waals surface area contributed by atoms with Crippen molar-refractivity contribution >= 4 is 5.97 Å². The highest BCUT2D eigenvalue weighted by molar-refractivity contribution is 5.75. The smallest absolute Gasteiger partial charge is 0.307 e. The molecule has 5 heteroatoms. The predicted molar refractivity (Wildman–Crippen MR) is 49.9 cm³/mol. The number of hydrogen-bond donors (Lipinski definition) is 4. The van der Waals surface area contributed by atoms with Gasteiger partial charge in [-0.05, 0) is 30.0 Å². The van der Waals surface area contributed by atoms with Gasteiger partial charge in [-0.1, -0.05) is 0 Å². The van der Waals surface area contributed by atoms with E-state index in [1.807, 2.05) is 0 Å². The first kappa shape index (κ1) is 9.64. The highest BCUT2D eigenvalue weighted by Gasteiger charge is 2.44. The highest BCUT2D eigenvalue weighted by atomic mass is 16.4. The van der Waals surface area contributed by atoms with Gasteiger partial charge in [0, 0.05) is 0 Å². The van der Waals surface area contributed by atoms with Gasteiger partial charge in [0.25, 0.3) is 0 Å². The SMILES string of the molecule is O=C(O)C1CC1c1cc(O)c(O)c(O)c1. The molecule has 2 unspecified atom stereocenters. The third kappa shape index (κ3) is 1.56. The molecule has 2 atom stereocenters.